The van der Waals surface area contributed by atoms with Gasteiger partial charge in [-0.2, -0.15) is 0 Å². The zero-order chi connectivity index (χ0) is 11.5. The first-order valence-corrected chi connectivity index (χ1v) is 5.49. The van der Waals surface area contributed by atoms with Crippen molar-refractivity contribution in [2.24, 2.45) is 0 Å². The first kappa shape index (κ1) is 11.4. The number of hydrogen-bond donors (Lipinski definition) is 1. The number of hydrogen-bond acceptors (Lipinski definition) is 2. The summed E-state index contributed by atoms with van der Waals surface area (Å²) in [4.78, 5) is 0. The minimum atomic E-state index is -0.839. The maximum Gasteiger partial charge on any atom is 0.125 e. The van der Waals surface area contributed by atoms with E-state index in [4.69, 9.17) is 16.3 Å². The van der Waals surface area contributed by atoms with E-state index in [1.165, 1.54) is 12.1 Å². The SMILES string of the molecule is OC(C1=COCCC1)c1cc(F)cc(Cl)c1. The smallest absolute Gasteiger partial charge is 0.125 e. The van der Waals surface area contributed by atoms with Crippen molar-refractivity contribution in [2.45, 2.75) is 18.9 Å². The van der Waals surface area contributed by atoms with Crippen LogP contribution < -0.4 is 0 Å². The predicted molar refractivity (Wildman–Crippen MR) is 59.6 cm³/mol. The molecule has 86 valence electrons. The van der Waals surface area contributed by atoms with Gasteiger partial charge in [0.25, 0.3) is 0 Å². The Labute approximate surface area is 98.3 Å². The minimum Gasteiger partial charge on any atom is -0.501 e. The van der Waals surface area contributed by atoms with Crippen molar-refractivity contribution in [3.05, 3.63) is 46.4 Å². The zero-order valence-electron chi connectivity index (χ0n) is 8.62. The quantitative estimate of drug-likeness (QED) is 0.863. The van der Waals surface area contributed by atoms with Gasteiger partial charge in [-0.15, -0.1) is 0 Å². The van der Waals surface area contributed by atoms with Crippen LogP contribution in [0.1, 0.15) is 24.5 Å². The molecular weight excluding hydrogens is 231 g/mol. The first-order valence-electron chi connectivity index (χ1n) is 5.11. The number of aliphatic hydroxyl groups excluding tert-OH is 1. The van der Waals surface area contributed by atoms with Gasteiger partial charge in [-0.05, 0) is 42.2 Å². The molecule has 0 bridgehead atoms. The molecule has 16 heavy (non-hydrogen) atoms. The highest BCUT2D eigenvalue weighted by Gasteiger charge is 2.17. The number of ether oxygens (including phenoxy) is 1. The summed E-state index contributed by atoms with van der Waals surface area (Å²) in [6.45, 7) is 0.667. The monoisotopic (exact) mass is 242 g/mol. The van der Waals surface area contributed by atoms with E-state index in [-0.39, 0.29) is 5.02 Å². The number of rotatable bonds is 2. The van der Waals surface area contributed by atoms with Crippen molar-refractivity contribution in [3.63, 3.8) is 0 Å². The minimum absolute atomic E-state index is 0.284. The topological polar surface area (TPSA) is 29.5 Å². The molecule has 0 amide bonds. The Balaban J connectivity index is 2.25. The van der Waals surface area contributed by atoms with Crippen LogP contribution in [-0.4, -0.2) is 11.7 Å². The average molecular weight is 243 g/mol. The highest BCUT2D eigenvalue weighted by atomic mass is 35.5. The van der Waals surface area contributed by atoms with Crippen LogP contribution in [0.3, 0.4) is 0 Å². The lowest BCUT2D eigenvalue weighted by atomic mass is 9.98. The van der Waals surface area contributed by atoms with Gasteiger partial charge in [0, 0.05) is 5.02 Å². The summed E-state index contributed by atoms with van der Waals surface area (Å²) in [6, 6.07) is 4.06. The molecule has 0 saturated heterocycles. The van der Waals surface area contributed by atoms with Crippen LogP contribution in [0.15, 0.2) is 30.0 Å². The molecule has 2 nitrogen and oxygen atoms in total. The molecule has 1 atom stereocenters. The van der Waals surface area contributed by atoms with E-state index in [1.807, 2.05) is 0 Å². The molecule has 0 fully saturated rings. The lowest BCUT2D eigenvalue weighted by Gasteiger charge is -2.19. The molecule has 0 radical (unpaired) electrons. The third-order valence-corrected chi connectivity index (χ3v) is 2.73. The van der Waals surface area contributed by atoms with Gasteiger partial charge in [-0.1, -0.05) is 11.6 Å². The summed E-state index contributed by atoms with van der Waals surface area (Å²) in [5, 5.41) is 10.3. The normalized spacial score (nSPS) is 17.6. The maximum atomic E-state index is 13.1. The lowest BCUT2D eigenvalue weighted by molar-refractivity contribution is 0.170. The second kappa shape index (κ2) is 4.85. The third-order valence-electron chi connectivity index (χ3n) is 2.51. The van der Waals surface area contributed by atoms with Gasteiger partial charge in [0.15, 0.2) is 0 Å². The van der Waals surface area contributed by atoms with Crippen molar-refractivity contribution in [3.8, 4) is 0 Å². The van der Waals surface area contributed by atoms with E-state index in [2.05, 4.69) is 0 Å². The van der Waals surface area contributed by atoms with Crippen molar-refractivity contribution in [2.75, 3.05) is 6.61 Å². The van der Waals surface area contributed by atoms with Crippen LogP contribution in [0.4, 0.5) is 4.39 Å². The highest BCUT2D eigenvalue weighted by Crippen LogP contribution is 2.29. The number of halogens is 2. The van der Waals surface area contributed by atoms with Crippen LogP contribution in [0.2, 0.25) is 5.02 Å². The summed E-state index contributed by atoms with van der Waals surface area (Å²) in [6.07, 6.45) is 2.34. The number of aliphatic hydroxyl groups is 1. The molecule has 0 aromatic heterocycles. The Bertz CT molecular complexity index is 397. The molecule has 1 unspecified atom stereocenters. The van der Waals surface area contributed by atoms with Gasteiger partial charge in [-0.25, -0.2) is 4.39 Å². The van der Waals surface area contributed by atoms with Crippen LogP contribution in [-0.2, 0) is 4.74 Å². The molecule has 1 N–H and O–H groups in total. The first-order chi connectivity index (χ1) is 7.66. The van der Waals surface area contributed by atoms with Crippen molar-refractivity contribution < 1.29 is 14.2 Å². The molecule has 1 aromatic rings. The highest BCUT2D eigenvalue weighted by molar-refractivity contribution is 6.30. The van der Waals surface area contributed by atoms with E-state index >= 15 is 0 Å². The van der Waals surface area contributed by atoms with Gasteiger partial charge >= 0.3 is 0 Å². The summed E-state index contributed by atoms with van der Waals surface area (Å²) < 4.78 is 18.2. The van der Waals surface area contributed by atoms with Crippen molar-refractivity contribution >= 4 is 11.6 Å². The Kier molecular flexibility index (Phi) is 3.46. The van der Waals surface area contributed by atoms with E-state index in [0.717, 1.165) is 18.4 Å². The third kappa shape index (κ3) is 2.54. The molecule has 1 heterocycles. The van der Waals surface area contributed by atoms with Gasteiger partial charge < -0.3 is 9.84 Å². The van der Waals surface area contributed by atoms with Crippen LogP contribution in [0.5, 0.6) is 0 Å². The molecule has 1 aliphatic rings. The fraction of sp³-hybridized carbons (Fsp3) is 0.333. The molecule has 4 heteroatoms. The van der Waals surface area contributed by atoms with Gasteiger partial charge in [-0.3, -0.25) is 0 Å². The summed E-state index contributed by atoms with van der Waals surface area (Å²) in [5.74, 6) is -0.445. The van der Waals surface area contributed by atoms with Crippen LogP contribution >= 0.6 is 11.6 Å². The molecule has 1 aromatic carbocycles. The maximum absolute atomic E-state index is 13.1. The van der Waals surface area contributed by atoms with Crippen LogP contribution in [0, 0.1) is 5.82 Å². The molecule has 2 rings (SSSR count). The molecule has 0 aliphatic carbocycles. The molecular formula is C12H12ClFO2. The fourth-order valence-corrected chi connectivity index (χ4v) is 1.96. The molecule has 0 spiro atoms. The average Bonchev–Trinajstić information content (AvgIpc) is 2.28. The van der Waals surface area contributed by atoms with E-state index in [1.54, 1.807) is 12.3 Å². The Morgan fingerprint density at radius 2 is 2.19 bits per heavy atom. The lowest BCUT2D eigenvalue weighted by Crippen LogP contribution is -2.08. The Hall–Kier alpha value is -1.06. The van der Waals surface area contributed by atoms with Crippen LogP contribution in [0.25, 0.3) is 0 Å². The second-order valence-corrected chi connectivity index (χ2v) is 4.21. The Morgan fingerprint density at radius 3 is 2.81 bits per heavy atom. The summed E-state index contributed by atoms with van der Waals surface area (Å²) in [7, 11) is 0. The summed E-state index contributed by atoms with van der Waals surface area (Å²) >= 11 is 5.73. The van der Waals surface area contributed by atoms with E-state index in [0.29, 0.717) is 12.2 Å². The molecule has 0 saturated carbocycles. The van der Waals surface area contributed by atoms with E-state index < -0.39 is 11.9 Å². The predicted octanol–water partition coefficient (Wildman–Crippen LogP) is 3.21. The Morgan fingerprint density at radius 1 is 1.38 bits per heavy atom. The summed E-state index contributed by atoms with van der Waals surface area (Å²) in [5.41, 5.74) is 1.22. The number of benzene rings is 1. The molecule has 1 aliphatic heterocycles. The van der Waals surface area contributed by atoms with Gasteiger partial charge in [0.1, 0.15) is 11.9 Å². The standard InChI is InChI=1S/C12H12ClFO2/c13-10-4-9(5-11(14)6-10)12(15)8-2-1-3-16-7-8/h4-7,12,15H,1-3H2. The van der Waals surface area contributed by atoms with Crippen molar-refractivity contribution in [1.29, 1.82) is 0 Å². The van der Waals surface area contributed by atoms with Gasteiger partial charge in [0.05, 0.1) is 12.9 Å². The zero-order valence-corrected chi connectivity index (χ0v) is 9.38. The van der Waals surface area contributed by atoms with Crippen molar-refractivity contribution in [1.82, 2.24) is 0 Å². The fourth-order valence-electron chi connectivity index (χ4n) is 1.73. The second-order valence-electron chi connectivity index (χ2n) is 3.77. The van der Waals surface area contributed by atoms with Gasteiger partial charge in [0.2, 0.25) is 0 Å². The van der Waals surface area contributed by atoms with E-state index in [9.17, 15) is 9.50 Å². The largest absolute Gasteiger partial charge is 0.501 e.